The second-order valence-electron chi connectivity index (χ2n) is 27.2. The zero-order valence-electron chi connectivity index (χ0n) is 58.6. The first-order valence-corrected chi connectivity index (χ1v) is 35.2. The quantitative estimate of drug-likeness (QED) is 0.0493. The summed E-state index contributed by atoms with van der Waals surface area (Å²) in [4.78, 5) is 90.9. The Morgan fingerprint density at radius 2 is 1.16 bits per heavy atom. The fourth-order valence-corrected chi connectivity index (χ4v) is 13.4. The predicted molar refractivity (Wildman–Crippen MR) is 402 cm³/mol. The highest BCUT2D eigenvalue weighted by atomic mass is 16.2. The van der Waals surface area contributed by atoms with E-state index in [-0.39, 0.29) is 48.6 Å². The zero-order valence-corrected chi connectivity index (χ0v) is 58.6. The van der Waals surface area contributed by atoms with E-state index < -0.39 is 0 Å². The van der Waals surface area contributed by atoms with Gasteiger partial charge >= 0.3 is 0 Å². The molecular formula is C79H87N21O4. The van der Waals surface area contributed by atoms with Crippen LogP contribution in [-0.4, -0.2) is 163 Å². The Labute approximate surface area is 604 Å². The smallest absolute Gasteiger partial charge is 0.277 e. The van der Waals surface area contributed by atoms with Gasteiger partial charge in [-0.05, 0) is 124 Å². The van der Waals surface area contributed by atoms with Crippen LogP contribution < -0.4 is 33.6 Å². The van der Waals surface area contributed by atoms with Crippen LogP contribution in [0.2, 0.25) is 0 Å². The van der Waals surface area contributed by atoms with Crippen molar-refractivity contribution in [1.29, 1.82) is 0 Å². The number of nitrogens with zero attached hydrogens (tertiary/aromatic N) is 15. The number of amides is 2. The minimum Gasteiger partial charge on any atom is -0.397 e. The van der Waals surface area contributed by atoms with Crippen LogP contribution in [0, 0.1) is 11.3 Å². The molecule has 3 aromatic carbocycles. The number of Topliss-reactive ketones (excluding diaryl/α,β-unsaturated/α-hetero) is 2. The topological polar surface area (TPSA) is 327 Å². The molecule has 5 aliphatic rings. The van der Waals surface area contributed by atoms with Gasteiger partial charge in [-0.1, -0.05) is 91.0 Å². The highest BCUT2D eigenvalue weighted by molar-refractivity contribution is 6.04. The molecule has 10 N–H and O–H groups in total. The Morgan fingerprint density at radius 1 is 0.558 bits per heavy atom. The number of carbonyl (C=O) groups excluding carboxylic acids is 4. The largest absolute Gasteiger partial charge is 0.397 e. The fourth-order valence-electron chi connectivity index (χ4n) is 13.4. The third-order valence-corrected chi connectivity index (χ3v) is 19.7. The van der Waals surface area contributed by atoms with Crippen LogP contribution in [0.4, 0.5) is 28.6 Å². The number of anilines is 5. The molecule has 2 amide bonds. The first-order valence-electron chi connectivity index (χ1n) is 35.2. The van der Waals surface area contributed by atoms with E-state index in [1.165, 1.54) is 18.4 Å². The summed E-state index contributed by atoms with van der Waals surface area (Å²) in [6, 6.07) is 50.2. The molecule has 0 unspecified atom stereocenters. The van der Waals surface area contributed by atoms with Crippen molar-refractivity contribution >= 4 is 51.9 Å². The van der Waals surface area contributed by atoms with Crippen molar-refractivity contribution < 1.29 is 19.2 Å². The predicted octanol–water partition coefficient (Wildman–Crippen LogP) is 8.59. The Morgan fingerprint density at radius 3 is 1.83 bits per heavy atom. The monoisotopic (exact) mass is 1390 g/mol. The normalized spacial score (nSPS) is 15.5. The third-order valence-electron chi connectivity index (χ3n) is 19.7. The molecule has 13 heterocycles. The molecule has 8 aromatic heterocycles. The van der Waals surface area contributed by atoms with Gasteiger partial charge in [0, 0.05) is 119 Å². The lowest BCUT2D eigenvalue weighted by Gasteiger charge is -2.38. The highest BCUT2D eigenvalue weighted by Gasteiger charge is 2.42. The lowest BCUT2D eigenvalue weighted by Crippen LogP contribution is -2.50. The van der Waals surface area contributed by atoms with Crippen molar-refractivity contribution in [1.82, 2.24) is 78.7 Å². The Hall–Kier alpha value is -11.6. The van der Waals surface area contributed by atoms with Crippen LogP contribution in [0.15, 0.2) is 195 Å². The zero-order chi connectivity index (χ0) is 72.1. The molecule has 0 atom stereocenters. The van der Waals surface area contributed by atoms with Gasteiger partial charge in [0.25, 0.3) is 5.91 Å². The van der Waals surface area contributed by atoms with Crippen molar-refractivity contribution in [2.75, 3.05) is 94.7 Å². The Kier molecular flexibility index (Phi) is 22.2. The Balaban J connectivity index is 0.000000123. The molecule has 16 rings (SSSR count). The number of piperidine rings is 1. The number of aromatic nitrogens is 11. The summed E-state index contributed by atoms with van der Waals surface area (Å²) in [6.45, 7) is 10.6. The molecule has 5 aliphatic heterocycles. The van der Waals surface area contributed by atoms with Gasteiger partial charge < -0.3 is 47.2 Å². The summed E-state index contributed by atoms with van der Waals surface area (Å²) in [7, 11) is 4.21. The number of fused-ring (bicyclic) bond motifs is 2. The lowest BCUT2D eigenvalue weighted by atomic mass is 9.78. The number of likely N-dealkylation sites (tertiary alicyclic amines) is 3. The van der Waals surface area contributed by atoms with E-state index in [9.17, 15) is 19.2 Å². The molecule has 0 bridgehead atoms. The van der Waals surface area contributed by atoms with Crippen molar-refractivity contribution in [3.63, 3.8) is 0 Å². The first-order chi connectivity index (χ1) is 50.5. The summed E-state index contributed by atoms with van der Waals surface area (Å²) >= 11 is 0. The minimum atomic E-state index is -0.307. The van der Waals surface area contributed by atoms with Crippen molar-refractivity contribution in [2.45, 2.75) is 71.2 Å². The van der Waals surface area contributed by atoms with Crippen molar-refractivity contribution in [3.8, 4) is 39.6 Å². The standard InChI is InChI=1S/C21H27N5O.C20H21N5O.C19H20N6O.C19H19N5O/c1-25-10-6-21(7-11-25)8-12-26(15-21)20(27)13-19-17(22)4-5-18(24-19)16-3-2-9-23-14-16;21-17-7-8-20(25-10-4-9-22-25)23-18(17)11-19(26)16-13-24(14-16)12-15-5-2-1-3-6-15;1-24-9-10-25-11-16(21-17(25)12-24)19(26)23-18-14(20)7-8-15(22-18)13-5-3-2-4-6-13;20-14-6-7-15(13-4-2-1-3-5-13)22-16(14)10-18(25)17-11-24-12-21-9-8-19(24)23-17/h2-5,9,14H,6-8,10-13,15,22H2,1H3;1-10,16H,11-14,21H2;2-8,11H,9-10,12,20H2,1H3,(H,22,23,26);1-7,11,21H,8-10,12,20H2. The average Bonchev–Trinajstić information content (AvgIpc) is 1.74. The van der Waals surface area contributed by atoms with Gasteiger partial charge in [-0.25, -0.2) is 24.6 Å². The van der Waals surface area contributed by atoms with Crippen LogP contribution in [0.25, 0.3) is 39.6 Å². The summed E-state index contributed by atoms with van der Waals surface area (Å²) in [5.74, 6) is 2.88. The van der Waals surface area contributed by atoms with Gasteiger partial charge in [0.2, 0.25) is 5.91 Å². The average molecular weight is 1390 g/mol. The molecule has 25 heteroatoms. The molecule has 0 radical (unpaired) electrons. The molecule has 3 saturated heterocycles. The summed E-state index contributed by atoms with van der Waals surface area (Å²) in [6.07, 6.45) is 15.6. The van der Waals surface area contributed by atoms with Gasteiger partial charge in [-0.15, -0.1) is 0 Å². The molecule has 0 aliphatic carbocycles. The molecule has 1 spiro atoms. The number of pyridine rings is 5. The van der Waals surface area contributed by atoms with E-state index >= 15 is 0 Å². The van der Waals surface area contributed by atoms with Crippen molar-refractivity contribution in [2.24, 2.45) is 11.3 Å². The Bertz CT molecular complexity index is 4740. The van der Waals surface area contributed by atoms with Crippen LogP contribution in [0.1, 0.15) is 74.5 Å². The number of benzene rings is 3. The van der Waals surface area contributed by atoms with Gasteiger partial charge in [-0.3, -0.25) is 49.2 Å². The highest BCUT2D eigenvalue weighted by Crippen LogP contribution is 2.40. The van der Waals surface area contributed by atoms with E-state index in [0.29, 0.717) is 74.9 Å². The molecule has 104 heavy (non-hydrogen) atoms. The van der Waals surface area contributed by atoms with E-state index in [1.54, 1.807) is 59.9 Å². The number of hydrogen-bond acceptors (Lipinski definition) is 20. The van der Waals surface area contributed by atoms with Gasteiger partial charge in [0.15, 0.2) is 17.4 Å². The minimum absolute atomic E-state index is 0.0632. The number of likely N-dealkylation sites (N-methyl/N-ethyl adjacent to an activating group) is 1. The molecule has 0 saturated carbocycles. The van der Waals surface area contributed by atoms with E-state index in [1.807, 2.05) is 149 Å². The van der Waals surface area contributed by atoms with Crippen molar-refractivity contribution in [3.05, 3.63) is 241 Å². The number of nitrogens with two attached hydrogens (primary N) is 4. The SMILES string of the molecule is CN1CCC2(CC1)CCN(C(=O)Cc1nc(-c3cccnc3)ccc1N)C2.CN1CCn2cc(C(=O)Nc3nc(-c4ccccc4)ccc3N)nc2C1.Nc1ccc(-c2ccccc2)nc1CC(=O)c1cn2c(n1)CCNC2.Nc1ccc(-n2cccn2)nc1CC(=O)C1CN(Cc2ccccc2)C1. The maximum absolute atomic E-state index is 12.9. The van der Waals surface area contributed by atoms with E-state index in [4.69, 9.17) is 22.9 Å². The van der Waals surface area contributed by atoms with Crippen LogP contribution in [0.5, 0.6) is 0 Å². The van der Waals surface area contributed by atoms with E-state index in [2.05, 4.69) is 84.5 Å². The molecular weight excluding hydrogens is 1310 g/mol. The summed E-state index contributed by atoms with van der Waals surface area (Å²) in [5, 5.41) is 10.2. The number of nitrogens with one attached hydrogen (secondary N) is 2. The van der Waals surface area contributed by atoms with Gasteiger partial charge in [0.05, 0.1) is 89.4 Å². The van der Waals surface area contributed by atoms with Crippen LogP contribution in [0.3, 0.4) is 0 Å². The van der Waals surface area contributed by atoms with Gasteiger partial charge in [-0.2, -0.15) is 5.10 Å². The first kappa shape index (κ1) is 70.8. The van der Waals surface area contributed by atoms with Gasteiger partial charge in [0.1, 0.15) is 28.8 Å². The number of imidazole rings is 2. The fraction of sp³-hybridized carbons (Fsp3) is 0.291. The van der Waals surface area contributed by atoms with Crippen LogP contribution >= 0.6 is 0 Å². The number of rotatable bonds is 16. The third kappa shape index (κ3) is 17.6. The number of nitrogen functional groups attached to an aromatic ring is 4. The number of hydrogen-bond donors (Lipinski definition) is 6. The number of carbonyl (C=O) groups is 4. The van der Waals surface area contributed by atoms with Crippen LogP contribution in [-0.2, 0) is 61.6 Å². The lowest BCUT2D eigenvalue weighted by molar-refractivity contribution is -0.130. The summed E-state index contributed by atoms with van der Waals surface area (Å²) in [5.41, 5.74) is 35.8. The maximum Gasteiger partial charge on any atom is 0.277 e. The summed E-state index contributed by atoms with van der Waals surface area (Å²) < 4.78 is 5.67. The maximum atomic E-state index is 12.9. The molecule has 3 fully saturated rings. The molecule has 11 aromatic rings. The molecule has 25 nitrogen and oxygen atoms in total. The number of ketones is 2. The van der Waals surface area contributed by atoms with E-state index in [0.717, 1.165) is 130 Å². The molecule has 532 valence electrons. The second-order valence-corrected chi connectivity index (χ2v) is 27.2. The second kappa shape index (κ2) is 32.6.